The maximum atomic E-state index is 11.9. The van der Waals surface area contributed by atoms with E-state index < -0.39 is 12.8 Å². The molecule has 0 aromatic heterocycles. The number of carbonyl (C=O) groups excluding carboxylic acids is 1. The lowest BCUT2D eigenvalue weighted by atomic mass is 10.2. The predicted octanol–water partition coefficient (Wildman–Crippen LogP) is 3.00. The number of rotatable bonds is 7. The second kappa shape index (κ2) is 8.18. The molecule has 0 unspecified atom stereocenters. The maximum Gasteiger partial charge on any atom is 0.411 e. The van der Waals surface area contributed by atoms with Gasteiger partial charge in [-0.1, -0.05) is 0 Å². The number of halogens is 1. The highest BCUT2D eigenvalue weighted by Crippen LogP contribution is 2.30. The lowest BCUT2D eigenvalue weighted by Gasteiger charge is -2.12. The van der Waals surface area contributed by atoms with E-state index in [1.807, 2.05) is 13.8 Å². The highest BCUT2D eigenvalue weighted by molar-refractivity contribution is 5.85. The van der Waals surface area contributed by atoms with Gasteiger partial charge in [-0.3, -0.25) is 5.32 Å². The third-order valence-electron chi connectivity index (χ3n) is 2.10. The SMILES string of the molecule is CCOc1ccc(NC(=O)OCCF)cc1OCC. The molecule has 1 aromatic rings. The molecule has 0 saturated heterocycles. The van der Waals surface area contributed by atoms with Crippen molar-refractivity contribution in [3.05, 3.63) is 18.2 Å². The van der Waals surface area contributed by atoms with Gasteiger partial charge < -0.3 is 14.2 Å². The summed E-state index contributed by atoms with van der Waals surface area (Å²) in [6.45, 7) is 3.75. The maximum absolute atomic E-state index is 11.9. The van der Waals surface area contributed by atoms with Crippen molar-refractivity contribution >= 4 is 11.8 Å². The fourth-order valence-corrected chi connectivity index (χ4v) is 1.41. The van der Waals surface area contributed by atoms with Crippen LogP contribution in [-0.4, -0.2) is 32.6 Å². The average Bonchev–Trinajstić information content (AvgIpc) is 2.40. The quantitative estimate of drug-likeness (QED) is 0.828. The average molecular weight is 271 g/mol. The summed E-state index contributed by atoms with van der Waals surface area (Å²) in [5.41, 5.74) is 0.496. The third-order valence-corrected chi connectivity index (χ3v) is 2.10. The molecule has 0 atom stereocenters. The summed E-state index contributed by atoms with van der Waals surface area (Å²) in [4.78, 5) is 11.3. The van der Waals surface area contributed by atoms with Crippen molar-refractivity contribution in [2.45, 2.75) is 13.8 Å². The molecule has 1 amide bonds. The van der Waals surface area contributed by atoms with E-state index in [0.29, 0.717) is 30.4 Å². The first-order valence-electron chi connectivity index (χ1n) is 6.10. The molecule has 0 radical (unpaired) electrons. The Morgan fingerprint density at radius 3 is 2.53 bits per heavy atom. The van der Waals surface area contributed by atoms with Gasteiger partial charge in [0.2, 0.25) is 0 Å². The van der Waals surface area contributed by atoms with Crippen LogP contribution in [0.2, 0.25) is 0 Å². The Morgan fingerprint density at radius 2 is 1.89 bits per heavy atom. The molecule has 0 fully saturated rings. The van der Waals surface area contributed by atoms with E-state index in [1.165, 1.54) is 0 Å². The van der Waals surface area contributed by atoms with Gasteiger partial charge in [-0.2, -0.15) is 0 Å². The molecule has 0 heterocycles. The number of hydrogen-bond donors (Lipinski definition) is 1. The minimum atomic E-state index is -0.707. The normalized spacial score (nSPS) is 9.84. The number of amides is 1. The first-order valence-corrected chi connectivity index (χ1v) is 6.10. The molecule has 0 aliphatic heterocycles. The van der Waals surface area contributed by atoms with Crippen LogP contribution >= 0.6 is 0 Å². The van der Waals surface area contributed by atoms with E-state index in [9.17, 15) is 9.18 Å². The Morgan fingerprint density at radius 1 is 1.21 bits per heavy atom. The van der Waals surface area contributed by atoms with E-state index in [1.54, 1.807) is 18.2 Å². The topological polar surface area (TPSA) is 56.8 Å². The van der Waals surface area contributed by atoms with Crippen LogP contribution in [-0.2, 0) is 4.74 Å². The smallest absolute Gasteiger partial charge is 0.411 e. The summed E-state index contributed by atoms with van der Waals surface area (Å²) < 4.78 is 27.2. The molecule has 0 aliphatic rings. The molecule has 0 aliphatic carbocycles. The summed E-state index contributed by atoms with van der Waals surface area (Å²) in [7, 11) is 0. The largest absolute Gasteiger partial charge is 0.490 e. The summed E-state index contributed by atoms with van der Waals surface area (Å²) >= 11 is 0. The highest BCUT2D eigenvalue weighted by atomic mass is 19.1. The van der Waals surface area contributed by atoms with Crippen molar-refractivity contribution in [1.82, 2.24) is 0 Å². The van der Waals surface area contributed by atoms with Gasteiger partial charge in [0.25, 0.3) is 0 Å². The van der Waals surface area contributed by atoms with Gasteiger partial charge >= 0.3 is 6.09 Å². The molecule has 106 valence electrons. The Kier molecular flexibility index (Phi) is 6.49. The molecule has 1 aromatic carbocycles. The van der Waals surface area contributed by atoms with Gasteiger partial charge in [-0.25, -0.2) is 9.18 Å². The van der Waals surface area contributed by atoms with Gasteiger partial charge in [0.15, 0.2) is 11.5 Å². The Bertz CT molecular complexity index is 412. The van der Waals surface area contributed by atoms with Crippen LogP contribution in [0.25, 0.3) is 0 Å². The summed E-state index contributed by atoms with van der Waals surface area (Å²) in [5, 5.41) is 2.48. The second-order valence-corrected chi connectivity index (χ2v) is 3.48. The molecule has 1 rings (SSSR count). The number of ether oxygens (including phenoxy) is 3. The first-order chi connectivity index (χ1) is 9.21. The lowest BCUT2D eigenvalue weighted by Crippen LogP contribution is -2.15. The Labute approximate surface area is 111 Å². The summed E-state index contributed by atoms with van der Waals surface area (Å²) in [6.07, 6.45) is -0.704. The second-order valence-electron chi connectivity index (χ2n) is 3.48. The van der Waals surface area contributed by atoms with Gasteiger partial charge in [0, 0.05) is 11.8 Å². The number of benzene rings is 1. The van der Waals surface area contributed by atoms with E-state index in [0.717, 1.165) is 0 Å². The molecule has 1 N–H and O–H groups in total. The van der Waals surface area contributed by atoms with Crippen LogP contribution in [0, 0.1) is 0 Å². The number of hydrogen-bond acceptors (Lipinski definition) is 4. The molecular weight excluding hydrogens is 253 g/mol. The summed E-state index contributed by atoms with van der Waals surface area (Å²) in [6, 6.07) is 4.98. The Hall–Kier alpha value is -1.98. The minimum absolute atomic E-state index is 0.263. The van der Waals surface area contributed by atoms with E-state index in [4.69, 9.17) is 9.47 Å². The van der Waals surface area contributed by atoms with Crippen molar-refractivity contribution in [3.63, 3.8) is 0 Å². The number of nitrogens with one attached hydrogen (secondary N) is 1. The highest BCUT2D eigenvalue weighted by Gasteiger charge is 2.08. The fraction of sp³-hybridized carbons (Fsp3) is 0.462. The number of anilines is 1. The predicted molar refractivity (Wildman–Crippen MR) is 69.7 cm³/mol. The van der Waals surface area contributed by atoms with Crippen LogP contribution in [0.5, 0.6) is 11.5 Å². The zero-order valence-corrected chi connectivity index (χ0v) is 11.1. The fourth-order valence-electron chi connectivity index (χ4n) is 1.41. The molecular formula is C13H18FNO4. The van der Waals surface area contributed by atoms with Crippen molar-refractivity contribution in [2.24, 2.45) is 0 Å². The number of carbonyl (C=O) groups is 1. The monoisotopic (exact) mass is 271 g/mol. The van der Waals surface area contributed by atoms with Gasteiger partial charge in [-0.15, -0.1) is 0 Å². The van der Waals surface area contributed by atoms with E-state index in [-0.39, 0.29) is 6.61 Å². The van der Waals surface area contributed by atoms with Crippen LogP contribution in [0.3, 0.4) is 0 Å². The van der Waals surface area contributed by atoms with Crippen LogP contribution in [0.1, 0.15) is 13.8 Å². The van der Waals surface area contributed by atoms with Crippen LogP contribution in [0.4, 0.5) is 14.9 Å². The van der Waals surface area contributed by atoms with Gasteiger partial charge in [0.1, 0.15) is 13.3 Å². The van der Waals surface area contributed by atoms with Crippen molar-refractivity contribution in [3.8, 4) is 11.5 Å². The van der Waals surface area contributed by atoms with Crippen molar-refractivity contribution in [2.75, 3.05) is 31.8 Å². The van der Waals surface area contributed by atoms with Crippen LogP contribution < -0.4 is 14.8 Å². The Balaban J connectivity index is 2.74. The van der Waals surface area contributed by atoms with Gasteiger partial charge in [-0.05, 0) is 26.0 Å². The molecule has 5 nitrogen and oxygen atoms in total. The van der Waals surface area contributed by atoms with Gasteiger partial charge in [0.05, 0.1) is 13.2 Å². The molecule has 0 saturated carbocycles. The zero-order chi connectivity index (χ0) is 14.1. The third kappa shape index (κ3) is 5.03. The standard InChI is InChI=1S/C13H18FNO4/c1-3-17-11-6-5-10(9-12(11)18-4-2)15-13(16)19-8-7-14/h5-6,9H,3-4,7-8H2,1-2H3,(H,15,16). The van der Waals surface area contributed by atoms with Crippen molar-refractivity contribution in [1.29, 1.82) is 0 Å². The molecule has 6 heteroatoms. The number of alkyl halides is 1. The van der Waals surface area contributed by atoms with E-state index in [2.05, 4.69) is 10.1 Å². The zero-order valence-electron chi connectivity index (χ0n) is 11.1. The minimum Gasteiger partial charge on any atom is -0.490 e. The molecule has 19 heavy (non-hydrogen) atoms. The molecule has 0 spiro atoms. The summed E-state index contributed by atoms with van der Waals surface area (Å²) in [5.74, 6) is 1.14. The van der Waals surface area contributed by atoms with E-state index >= 15 is 0 Å². The van der Waals surface area contributed by atoms with Crippen molar-refractivity contribution < 1.29 is 23.4 Å². The van der Waals surface area contributed by atoms with Crippen LogP contribution in [0.15, 0.2) is 18.2 Å². The lowest BCUT2D eigenvalue weighted by molar-refractivity contribution is 0.152. The molecule has 0 bridgehead atoms. The first kappa shape index (κ1) is 15.1.